The molecule has 3 aromatic rings. The molecule has 0 radical (unpaired) electrons. The lowest BCUT2D eigenvalue weighted by atomic mass is 9.97. The second-order valence-corrected chi connectivity index (χ2v) is 10.9. The highest BCUT2D eigenvalue weighted by molar-refractivity contribution is 5.85. The molecule has 0 unspecified atom stereocenters. The van der Waals surface area contributed by atoms with E-state index in [1.54, 1.807) is 31.2 Å². The fraction of sp³-hybridized carbons (Fsp3) is 0.424. The first kappa shape index (κ1) is 33.3. The molecule has 5 rings (SSSR count). The average molecular weight is 655 g/mol. The summed E-state index contributed by atoms with van der Waals surface area (Å²) in [5.41, 5.74) is 1.44. The van der Waals surface area contributed by atoms with Crippen molar-refractivity contribution < 1.29 is 61.5 Å². The summed E-state index contributed by atoms with van der Waals surface area (Å²) in [5.74, 6) is -1.30. The number of fused-ring (bicyclic) bond motifs is 2. The zero-order valence-electron chi connectivity index (χ0n) is 26.6. The lowest BCUT2D eigenvalue weighted by Crippen LogP contribution is -2.63. The van der Waals surface area contributed by atoms with E-state index in [9.17, 15) is 24.0 Å². The van der Waals surface area contributed by atoms with E-state index in [1.165, 1.54) is 13.0 Å². The molecule has 1 saturated heterocycles. The molecule has 3 heterocycles. The minimum atomic E-state index is -1.46. The van der Waals surface area contributed by atoms with Gasteiger partial charge in [-0.05, 0) is 42.7 Å². The second kappa shape index (κ2) is 13.7. The van der Waals surface area contributed by atoms with Crippen molar-refractivity contribution in [3.8, 4) is 28.4 Å². The first-order valence-electron chi connectivity index (χ1n) is 14.8. The van der Waals surface area contributed by atoms with Gasteiger partial charge >= 0.3 is 23.9 Å². The standard InChI is InChI=1S/C33H34O14/c1-7-20-10-22-25(42-15(2)28(29(22)38)21-8-9-23-26(11-21)41-14-40-23)12-24(20)46-33-32(45-19(6)37)31(44-18(5)36)30(43-17(4)35)27(47-33)13-39-16(3)34/h8-12,27,30-33H,7,13-14H2,1-6H3/t27-,30+,31+,32+,33-/m0/s1. The Kier molecular flexibility index (Phi) is 9.70. The molecule has 5 atom stereocenters. The number of benzene rings is 2. The lowest BCUT2D eigenvalue weighted by Gasteiger charge is -2.44. The van der Waals surface area contributed by atoms with Crippen LogP contribution in [0.3, 0.4) is 0 Å². The number of ether oxygens (including phenoxy) is 8. The number of hydrogen-bond donors (Lipinski definition) is 0. The van der Waals surface area contributed by atoms with Gasteiger partial charge in [-0.1, -0.05) is 13.0 Å². The van der Waals surface area contributed by atoms with E-state index in [0.717, 1.165) is 20.8 Å². The summed E-state index contributed by atoms with van der Waals surface area (Å²) in [6, 6.07) is 8.35. The maximum absolute atomic E-state index is 13.8. The van der Waals surface area contributed by atoms with Crippen LogP contribution in [0.1, 0.15) is 45.9 Å². The topological polar surface area (TPSA) is 172 Å². The quantitative estimate of drug-likeness (QED) is 0.242. The Bertz CT molecular complexity index is 1780. The summed E-state index contributed by atoms with van der Waals surface area (Å²) in [5, 5.41) is 0.286. The average Bonchev–Trinajstić information content (AvgIpc) is 3.46. The first-order chi connectivity index (χ1) is 22.4. The lowest BCUT2D eigenvalue weighted by molar-refractivity contribution is -0.288. The molecule has 2 aliphatic heterocycles. The zero-order chi connectivity index (χ0) is 34.0. The van der Waals surface area contributed by atoms with Crippen molar-refractivity contribution in [2.75, 3.05) is 13.4 Å². The third-order valence-electron chi connectivity index (χ3n) is 7.48. The monoisotopic (exact) mass is 654 g/mol. The van der Waals surface area contributed by atoms with Crippen molar-refractivity contribution in [3.05, 3.63) is 51.9 Å². The number of hydrogen-bond acceptors (Lipinski definition) is 14. The van der Waals surface area contributed by atoms with Crippen LogP contribution in [-0.2, 0) is 49.3 Å². The van der Waals surface area contributed by atoms with Crippen molar-refractivity contribution in [1.82, 2.24) is 0 Å². The van der Waals surface area contributed by atoms with E-state index in [1.807, 2.05) is 6.92 Å². The Morgan fingerprint density at radius 3 is 2.15 bits per heavy atom. The van der Waals surface area contributed by atoms with E-state index < -0.39 is 61.2 Å². The smallest absolute Gasteiger partial charge is 0.303 e. The van der Waals surface area contributed by atoms with Crippen LogP contribution in [0.15, 0.2) is 39.5 Å². The molecule has 1 fully saturated rings. The number of carbonyl (C=O) groups is 4. The van der Waals surface area contributed by atoms with E-state index >= 15 is 0 Å². The van der Waals surface area contributed by atoms with Crippen LogP contribution < -0.4 is 19.6 Å². The number of aryl methyl sites for hydroxylation is 2. The normalized spacial score (nSPS) is 21.5. The highest BCUT2D eigenvalue weighted by Gasteiger charge is 2.53. The van der Waals surface area contributed by atoms with E-state index in [2.05, 4.69) is 0 Å². The van der Waals surface area contributed by atoms with Gasteiger partial charge in [0.05, 0.1) is 10.9 Å². The van der Waals surface area contributed by atoms with Gasteiger partial charge in [0.2, 0.25) is 24.6 Å². The third kappa shape index (κ3) is 7.17. The summed E-state index contributed by atoms with van der Waals surface area (Å²) in [7, 11) is 0. The van der Waals surface area contributed by atoms with E-state index in [4.69, 9.17) is 42.3 Å². The molecule has 250 valence electrons. The van der Waals surface area contributed by atoms with Gasteiger partial charge in [0.25, 0.3) is 0 Å². The molecule has 0 N–H and O–H groups in total. The molecule has 0 bridgehead atoms. The summed E-state index contributed by atoms with van der Waals surface area (Å²) in [4.78, 5) is 62.0. The Morgan fingerprint density at radius 2 is 1.49 bits per heavy atom. The summed E-state index contributed by atoms with van der Waals surface area (Å²) >= 11 is 0. The predicted octanol–water partition coefficient (Wildman–Crippen LogP) is 3.52. The third-order valence-corrected chi connectivity index (χ3v) is 7.48. The Balaban J connectivity index is 1.56. The summed E-state index contributed by atoms with van der Waals surface area (Å²) < 4.78 is 50.9. The molecule has 14 heteroatoms. The number of rotatable bonds is 9. The molecule has 14 nitrogen and oxygen atoms in total. The first-order valence-corrected chi connectivity index (χ1v) is 14.8. The minimum Gasteiger partial charge on any atom is -0.463 e. The van der Waals surface area contributed by atoms with Gasteiger partial charge in [0.15, 0.2) is 23.7 Å². The Labute approximate surface area is 268 Å². The Hall–Kier alpha value is -5.11. The Morgan fingerprint density at radius 1 is 0.830 bits per heavy atom. The van der Waals surface area contributed by atoms with Gasteiger partial charge in [0, 0.05) is 33.8 Å². The summed E-state index contributed by atoms with van der Waals surface area (Å²) in [6.07, 6.45) is -6.44. The molecule has 2 aromatic carbocycles. The van der Waals surface area contributed by atoms with Gasteiger partial charge in [-0.2, -0.15) is 0 Å². The maximum Gasteiger partial charge on any atom is 0.303 e. The van der Waals surface area contributed by atoms with E-state index in [-0.39, 0.29) is 28.9 Å². The maximum atomic E-state index is 13.8. The molecule has 0 saturated carbocycles. The highest BCUT2D eigenvalue weighted by Crippen LogP contribution is 2.38. The van der Waals surface area contributed by atoms with Gasteiger partial charge in [-0.3, -0.25) is 24.0 Å². The van der Waals surface area contributed by atoms with Gasteiger partial charge < -0.3 is 42.3 Å². The van der Waals surface area contributed by atoms with Crippen LogP contribution in [0.4, 0.5) is 0 Å². The van der Waals surface area contributed by atoms with Crippen LogP contribution >= 0.6 is 0 Å². The molecule has 47 heavy (non-hydrogen) atoms. The number of esters is 4. The molecule has 0 spiro atoms. The van der Waals surface area contributed by atoms with Crippen LogP contribution in [-0.4, -0.2) is 68.0 Å². The van der Waals surface area contributed by atoms with Crippen molar-refractivity contribution in [2.45, 2.75) is 78.7 Å². The zero-order valence-corrected chi connectivity index (χ0v) is 26.6. The van der Waals surface area contributed by atoms with E-state index in [0.29, 0.717) is 40.4 Å². The molecular weight excluding hydrogens is 620 g/mol. The van der Waals surface area contributed by atoms with Crippen LogP contribution in [0.25, 0.3) is 22.1 Å². The van der Waals surface area contributed by atoms with Gasteiger partial charge in [-0.25, -0.2) is 0 Å². The summed E-state index contributed by atoms with van der Waals surface area (Å²) in [6.45, 7) is 7.76. The fourth-order valence-corrected chi connectivity index (χ4v) is 5.56. The van der Waals surface area contributed by atoms with Gasteiger partial charge in [0.1, 0.15) is 29.8 Å². The number of carbonyl (C=O) groups excluding carboxylic acids is 4. The minimum absolute atomic E-state index is 0.0896. The largest absolute Gasteiger partial charge is 0.463 e. The van der Waals surface area contributed by atoms with Crippen LogP contribution in [0, 0.1) is 6.92 Å². The molecule has 0 aliphatic carbocycles. The van der Waals surface area contributed by atoms with Crippen molar-refractivity contribution in [2.24, 2.45) is 0 Å². The van der Waals surface area contributed by atoms with Crippen molar-refractivity contribution >= 4 is 34.8 Å². The SMILES string of the molecule is CCc1cc2c(=O)c(-c3ccc4c(c3)OCO4)c(C)oc2cc1O[C@H]1O[C@@H](COC(C)=O)[C@@H](OC(C)=O)[C@@H](OC(C)=O)[C@H]1OC(C)=O. The second-order valence-electron chi connectivity index (χ2n) is 10.9. The molecule has 1 aromatic heterocycles. The molecule has 0 amide bonds. The predicted molar refractivity (Wildman–Crippen MR) is 161 cm³/mol. The van der Waals surface area contributed by atoms with Crippen molar-refractivity contribution in [3.63, 3.8) is 0 Å². The van der Waals surface area contributed by atoms with Crippen molar-refractivity contribution in [1.29, 1.82) is 0 Å². The van der Waals surface area contributed by atoms with Gasteiger partial charge in [-0.15, -0.1) is 0 Å². The molecule has 2 aliphatic rings. The van der Waals surface area contributed by atoms with Crippen LogP contribution in [0.2, 0.25) is 0 Å². The fourth-order valence-electron chi connectivity index (χ4n) is 5.56. The molecular formula is C33H34O14. The van der Waals surface area contributed by atoms with Crippen LogP contribution in [0.5, 0.6) is 17.2 Å². The highest BCUT2D eigenvalue weighted by atomic mass is 16.7.